The maximum absolute atomic E-state index is 13.7. The smallest absolute Gasteiger partial charge is 0.271 e. The number of pyridine rings is 1. The SMILES string of the molecule is Cc1cc(C(=O)N2CCCNC(=O)c3csc(n3)[C@H](C(C)C)NC(=O)c3csc(n3)[C@H](Cc3ccccc3)NC(=O)C2)cc(C)n1. The van der Waals surface area contributed by atoms with Crippen LogP contribution < -0.4 is 16.0 Å². The van der Waals surface area contributed by atoms with Crippen LogP contribution in [0.1, 0.15) is 90.7 Å². The summed E-state index contributed by atoms with van der Waals surface area (Å²) in [6.45, 7) is 7.88. The molecule has 4 aromatic rings. The highest BCUT2D eigenvalue weighted by Gasteiger charge is 2.28. The Labute approximate surface area is 275 Å². The summed E-state index contributed by atoms with van der Waals surface area (Å²) in [5, 5.41) is 13.5. The van der Waals surface area contributed by atoms with Crippen LogP contribution in [0.2, 0.25) is 0 Å². The average Bonchev–Trinajstić information content (AvgIpc) is 3.71. The van der Waals surface area contributed by atoms with E-state index in [2.05, 4.69) is 30.9 Å². The lowest BCUT2D eigenvalue weighted by atomic mass is 10.0. The first-order chi connectivity index (χ1) is 22.1. The quantitative estimate of drug-likeness (QED) is 0.294. The van der Waals surface area contributed by atoms with Crippen LogP contribution in [0.4, 0.5) is 0 Å². The molecule has 0 saturated heterocycles. The third-order valence-corrected chi connectivity index (χ3v) is 9.37. The van der Waals surface area contributed by atoms with E-state index in [0.29, 0.717) is 39.8 Å². The molecule has 13 heteroatoms. The lowest BCUT2D eigenvalue weighted by Crippen LogP contribution is -2.43. The molecule has 240 valence electrons. The molecule has 4 bridgehead atoms. The van der Waals surface area contributed by atoms with Gasteiger partial charge in [-0.2, -0.15) is 0 Å². The van der Waals surface area contributed by atoms with E-state index in [0.717, 1.165) is 5.56 Å². The Bertz CT molecular complexity index is 1700. The summed E-state index contributed by atoms with van der Waals surface area (Å²) in [6.07, 6.45) is 0.860. The highest BCUT2D eigenvalue weighted by atomic mass is 32.1. The van der Waals surface area contributed by atoms with Crippen LogP contribution in [0, 0.1) is 19.8 Å². The number of carbonyl (C=O) groups is 4. The van der Waals surface area contributed by atoms with Gasteiger partial charge in [-0.3, -0.25) is 24.2 Å². The first kappa shape index (κ1) is 32.9. The summed E-state index contributed by atoms with van der Waals surface area (Å²) in [6, 6.07) is 12.2. The lowest BCUT2D eigenvalue weighted by Gasteiger charge is -2.24. The van der Waals surface area contributed by atoms with Gasteiger partial charge >= 0.3 is 0 Å². The van der Waals surface area contributed by atoms with Crippen LogP contribution in [0.5, 0.6) is 0 Å². The van der Waals surface area contributed by atoms with Crippen LogP contribution in [-0.2, 0) is 11.2 Å². The summed E-state index contributed by atoms with van der Waals surface area (Å²) >= 11 is 2.60. The van der Waals surface area contributed by atoms with Crippen LogP contribution in [0.15, 0.2) is 53.2 Å². The first-order valence-electron chi connectivity index (χ1n) is 15.1. The van der Waals surface area contributed by atoms with Gasteiger partial charge < -0.3 is 20.9 Å². The van der Waals surface area contributed by atoms with Gasteiger partial charge in [-0.25, -0.2) is 9.97 Å². The minimum Gasteiger partial charge on any atom is -0.351 e. The van der Waals surface area contributed by atoms with Gasteiger partial charge in [-0.1, -0.05) is 44.2 Å². The van der Waals surface area contributed by atoms with Crippen molar-refractivity contribution in [2.45, 2.75) is 52.6 Å². The molecule has 4 heterocycles. The monoisotopic (exact) mass is 659 g/mol. The van der Waals surface area contributed by atoms with Crippen molar-refractivity contribution in [3.05, 3.63) is 97.1 Å². The normalized spacial score (nSPS) is 18.2. The van der Waals surface area contributed by atoms with Crippen LogP contribution >= 0.6 is 22.7 Å². The molecule has 5 rings (SSSR count). The van der Waals surface area contributed by atoms with E-state index in [4.69, 9.17) is 0 Å². The molecule has 11 nitrogen and oxygen atoms in total. The second kappa shape index (κ2) is 14.7. The predicted molar refractivity (Wildman–Crippen MR) is 177 cm³/mol. The van der Waals surface area contributed by atoms with Crippen molar-refractivity contribution >= 4 is 46.3 Å². The second-order valence-electron chi connectivity index (χ2n) is 11.6. The maximum Gasteiger partial charge on any atom is 0.271 e. The van der Waals surface area contributed by atoms with E-state index >= 15 is 0 Å². The van der Waals surface area contributed by atoms with Gasteiger partial charge in [0.1, 0.15) is 21.4 Å². The number of thiazole rings is 2. The summed E-state index contributed by atoms with van der Waals surface area (Å²) in [4.78, 5) is 68.7. The molecule has 0 aliphatic carbocycles. The van der Waals surface area contributed by atoms with Crippen molar-refractivity contribution in [3.63, 3.8) is 0 Å². The van der Waals surface area contributed by atoms with Crippen molar-refractivity contribution in [2.75, 3.05) is 19.6 Å². The van der Waals surface area contributed by atoms with E-state index in [1.165, 1.54) is 27.6 Å². The van der Waals surface area contributed by atoms with Crippen LogP contribution in [0.25, 0.3) is 0 Å². The molecular weight excluding hydrogens is 623 g/mol. The summed E-state index contributed by atoms with van der Waals surface area (Å²) < 4.78 is 0. The van der Waals surface area contributed by atoms with E-state index in [1.54, 1.807) is 22.9 Å². The molecule has 0 unspecified atom stereocenters. The summed E-state index contributed by atoms with van der Waals surface area (Å²) in [5.74, 6) is -1.39. The number of rotatable bonds is 4. The number of nitrogens with zero attached hydrogens (tertiary/aromatic N) is 4. The Morgan fingerprint density at radius 3 is 2.26 bits per heavy atom. The third kappa shape index (κ3) is 8.20. The standard InChI is InChI=1S/C33H37N7O4S2/c1-19(2)28-32-38-25(17-46-32)29(42)34-11-8-12-40(33(44)23-13-20(3)35-21(4)14-23)16-27(41)36-24(15-22-9-6-5-7-10-22)31-37-26(18-45-31)30(43)39-28/h5-7,9-10,13-14,17-19,24,28H,8,11-12,15-16H2,1-4H3,(H,34,42)(H,36,41)(H,39,43)/t24-,28-/m0/s1. The zero-order chi connectivity index (χ0) is 32.8. The second-order valence-corrected chi connectivity index (χ2v) is 13.4. The molecule has 1 aromatic carbocycles. The number of hydrogen-bond acceptors (Lipinski definition) is 9. The molecule has 1 aliphatic heterocycles. The van der Waals surface area contributed by atoms with Crippen molar-refractivity contribution in [3.8, 4) is 0 Å². The third-order valence-electron chi connectivity index (χ3n) is 7.48. The fourth-order valence-corrected chi connectivity index (χ4v) is 7.10. The highest BCUT2D eigenvalue weighted by molar-refractivity contribution is 7.10. The molecule has 0 spiro atoms. The van der Waals surface area contributed by atoms with Gasteiger partial charge in [-0.05, 0) is 50.3 Å². The molecular formula is C33H37N7O4S2. The zero-order valence-electron chi connectivity index (χ0n) is 26.2. The van der Waals surface area contributed by atoms with Crippen LogP contribution in [0.3, 0.4) is 0 Å². The summed E-state index contributed by atoms with van der Waals surface area (Å²) in [5.41, 5.74) is 3.31. The number of aromatic nitrogens is 3. The number of carbonyl (C=O) groups excluding carboxylic acids is 4. The Morgan fingerprint density at radius 2 is 1.57 bits per heavy atom. The largest absolute Gasteiger partial charge is 0.351 e. The van der Waals surface area contributed by atoms with Crippen LogP contribution in [-0.4, -0.2) is 63.1 Å². The number of hydrogen-bond donors (Lipinski definition) is 3. The number of benzene rings is 1. The Kier molecular flexibility index (Phi) is 10.5. The number of fused-ring (bicyclic) bond motifs is 4. The van der Waals surface area contributed by atoms with Gasteiger partial charge in [0, 0.05) is 40.8 Å². The van der Waals surface area contributed by atoms with E-state index in [1.807, 2.05) is 58.0 Å². The minimum absolute atomic E-state index is 0.000154. The molecule has 3 N–H and O–H groups in total. The summed E-state index contributed by atoms with van der Waals surface area (Å²) in [7, 11) is 0. The van der Waals surface area contributed by atoms with Crippen molar-refractivity contribution < 1.29 is 19.2 Å². The number of aryl methyl sites for hydroxylation is 2. The number of nitrogens with one attached hydrogen (secondary N) is 3. The Morgan fingerprint density at radius 1 is 0.913 bits per heavy atom. The topological polar surface area (TPSA) is 146 Å². The highest BCUT2D eigenvalue weighted by Crippen LogP contribution is 2.27. The molecule has 0 radical (unpaired) electrons. The maximum atomic E-state index is 13.7. The first-order valence-corrected chi connectivity index (χ1v) is 16.9. The predicted octanol–water partition coefficient (Wildman–Crippen LogP) is 4.41. The number of amides is 4. The molecule has 0 saturated carbocycles. The van der Waals surface area contributed by atoms with E-state index in [9.17, 15) is 19.2 Å². The minimum atomic E-state index is -0.535. The van der Waals surface area contributed by atoms with Crippen molar-refractivity contribution in [1.82, 2.24) is 35.8 Å². The van der Waals surface area contributed by atoms with Crippen molar-refractivity contribution in [1.29, 1.82) is 0 Å². The molecule has 1 aliphatic rings. The fraction of sp³-hybridized carbons (Fsp3) is 0.364. The zero-order valence-corrected chi connectivity index (χ0v) is 27.8. The lowest BCUT2D eigenvalue weighted by molar-refractivity contribution is -0.122. The Hall–Kier alpha value is -4.49. The van der Waals surface area contributed by atoms with E-state index in [-0.39, 0.29) is 60.6 Å². The Balaban J connectivity index is 1.48. The van der Waals surface area contributed by atoms with Gasteiger partial charge in [0.2, 0.25) is 5.91 Å². The van der Waals surface area contributed by atoms with E-state index < -0.39 is 12.1 Å². The van der Waals surface area contributed by atoms with Gasteiger partial charge in [0.25, 0.3) is 17.7 Å². The molecule has 3 aromatic heterocycles. The van der Waals surface area contributed by atoms with Crippen molar-refractivity contribution in [2.24, 2.45) is 5.92 Å². The molecule has 0 fully saturated rings. The van der Waals surface area contributed by atoms with Gasteiger partial charge in [0.15, 0.2) is 0 Å². The van der Waals surface area contributed by atoms with Gasteiger partial charge in [-0.15, -0.1) is 22.7 Å². The molecule has 46 heavy (non-hydrogen) atoms. The fourth-order valence-electron chi connectivity index (χ4n) is 5.23. The van der Waals surface area contributed by atoms with Gasteiger partial charge in [0.05, 0.1) is 18.6 Å². The molecule has 2 atom stereocenters. The molecule has 4 amide bonds. The average molecular weight is 660 g/mol.